The van der Waals surface area contributed by atoms with Crippen LogP contribution in [0.1, 0.15) is 6.92 Å². The van der Waals surface area contributed by atoms with Gasteiger partial charge in [-0.25, -0.2) is 0 Å². The van der Waals surface area contributed by atoms with Crippen LogP contribution < -0.4 is 4.74 Å². The summed E-state index contributed by atoms with van der Waals surface area (Å²) in [6, 6.07) is 14.2. The zero-order valence-electron chi connectivity index (χ0n) is 8.61. The molecule has 0 N–H and O–H groups in total. The summed E-state index contributed by atoms with van der Waals surface area (Å²) in [5.74, 6) is 0.903. The third-order valence-corrected chi connectivity index (χ3v) is 2.34. The van der Waals surface area contributed by atoms with Gasteiger partial charge in [-0.05, 0) is 18.4 Å². The van der Waals surface area contributed by atoms with E-state index in [0.29, 0.717) is 6.61 Å². The molecule has 2 heteroatoms. The van der Waals surface area contributed by atoms with Gasteiger partial charge in [0.05, 0.1) is 5.38 Å². The minimum Gasteiger partial charge on any atom is -0.491 e. The Labute approximate surface area is 94.6 Å². The van der Waals surface area contributed by atoms with Crippen LogP contribution in [0.15, 0.2) is 42.5 Å². The van der Waals surface area contributed by atoms with Gasteiger partial charge in [0.1, 0.15) is 12.4 Å². The van der Waals surface area contributed by atoms with E-state index in [1.807, 2.05) is 31.2 Å². The normalized spacial score (nSPS) is 12.7. The molecule has 0 saturated carbocycles. The van der Waals surface area contributed by atoms with Gasteiger partial charge in [0.25, 0.3) is 0 Å². The van der Waals surface area contributed by atoms with Gasteiger partial charge < -0.3 is 4.74 Å². The Hall–Kier alpha value is -1.21. The molecular formula is C13H13ClO. The summed E-state index contributed by atoms with van der Waals surface area (Å²) in [7, 11) is 0. The van der Waals surface area contributed by atoms with Gasteiger partial charge in [-0.15, -0.1) is 11.6 Å². The number of alkyl halides is 1. The van der Waals surface area contributed by atoms with Crippen molar-refractivity contribution >= 4 is 22.4 Å². The second-order valence-corrected chi connectivity index (χ2v) is 4.31. The van der Waals surface area contributed by atoms with Crippen LogP contribution in [-0.2, 0) is 0 Å². The quantitative estimate of drug-likeness (QED) is 0.714. The Morgan fingerprint density at radius 2 is 1.87 bits per heavy atom. The molecule has 2 aromatic carbocycles. The minimum atomic E-state index is 0.0315. The molecule has 0 aliphatic heterocycles. The first kappa shape index (κ1) is 10.3. The fourth-order valence-corrected chi connectivity index (χ4v) is 1.59. The summed E-state index contributed by atoms with van der Waals surface area (Å²) in [6.45, 7) is 2.46. The van der Waals surface area contributed by atoms with Crippen molar-refractivity contribution in [3.8, 4) is 5.75 Å². The van der Waals surface area contributed by atoms with Crippen LogP contribution in [0.4, 0.5) is 0 Å². The van der Waals surface area contributed by atoms with Gasteiger partial charge in [0.2, 0.25) is 0 Å². The summed E-state index contributed by atoms with van der Waals surface area (Å²) in [6.07, 6.45) is 0. The summed E-state index contributed by atoms with van der Waals surface area (Å²) >= 11 is 5.85. The number of benzene rings is 2. The second kappa shape index (κ2) is 4.54. The molecule has 0 fully saturated rings. The highest BCUT2D eigenvalue weighted by Gasteiger charge is 2.02. The lowest BCUT2D eigenvalue weighted by Crippen LogP contribution is -2.07. The van der Waals surface area contributed by atoms with E-state index < -0.39 is 0 Å². The first-order valence-corrected chi connectivity index (χ1v) is 5.45. The topological polar surface area (TPSA) is 9.23 Å². The molecule has 2 rings (SSSR count). The molecule has 0 spiro atoms. The molecule has 15 heavy (non-hydrogen) atoms. The predicted molar refractivity (Wildman–Crippen MR) is 64.8 cm³/mol. The SMILES string of the molecule is CC(Cl)COc1cccc2ccccc12. The molecule has 0 aliphatic carbocycles. The maximum Gasteiger partial charge on any atom is 0.127 e. The molecule has 0 radical (unpaired) electrons. The largest absolute Gasteiger partial charge is 0.491 e. The predicted octanol–water partition coefficient (Wildman–Crippen LogP) is 3.85. The third kappa shape index (κ3) is 2.42. The van der Waals surface area contributed by atoms with Gasteiger partial charge in [0.15, 0.2) is 0 Å². The van der Waals surface area contributed by atoms with Crippen LogP contribution in [-0.4, -0.2) is 12.0 Å². The summed E-state index contributed by atoms with van der Waals surface area (Å²) in [5.41, 5.74) is 0. The van der Waals surface area contributed by atoms with Gasteiger partial charge >= 0.3 is 0 Å². The van der Waals surface area contributed by atoms with E-state index in [9.17, 15) is 0 Å². The number of hydrogen-bond donors (Lipinski definition) is 0. The van der Waals surface area contributed by atoms with Gasteiger partial charge in [-0.3, -0.25) is 0 Å². The standard InChI is InChI=1S/C13H13ClO/c1-10(14)9-15-13-8-4-6-11-5-2-3-7-12(11)13/h2-8,10H,9H2,1H3. The Morgan fingerprint density at radius 3 is 2.67 bits per heavy atom. The van der Waals surface area contributed by atoms with Gasteiger partial charge in [0, 0.05) is 5.39 Å². The Balaban J connectivity index is 2.34. The van der Waals surface area contributed by atoms with Crippen molar-refractivity contribution < 1.29 is 4.74 Å². The lowest BCUT2D eigenvalue weighted by molar-refractivity contribution is 0.324. The second-order valence-electron chi connectivity index (χ2n) is 3.57. The van der Waals surface area contributed by atoms with Crippen molar-refractivity contribution in [3.63, 3.8) is 0 Å². The molecule has 1 unspecified atom stereocenters. The summed E-state index contributed by atoms with van der Waals surface area (Å²) < 4.78 is 5.65. The monoisotopic (exact) mass is 220 g/mol. The van der Waals surface area contributed by atoms with Crippen LogP contribution in [0.5, 0.6) is 5.75 Å². The highest BCUT2D eigenvalue weighted by Crippen LogP contribution is 2.25. The Kier molecular flexibility index (Phi) is 3.12. The third-order valence-electron chi connectivity index (χ3n) is 2.22. The fourth-order valence-electron chi connectivity index (χ4n) is 1.53. The maximum atomic E-state index is 5.85. The van der Waals surface area contributed by atoms with E-state index in [0.717, 1.165) is 11.1 Å². The molecule has 0 saturated heterocycles. The average molecular weight is 221 g/mol. The van der Waals surface area contributed by atoms with Crippen molar-refractivity contribution in [2.45, 2.75) is 12.3 Å². The number of fused-ring (bicyclic) bond motifs is 1. The van der Waals surface area contributed by atoms with Crippen LogP contribution in [0.25, 0.3) is 10.8 Å². The first-order valence-electron chi connectivity index (χ1n) is 5.02. The van der Waals surface area contributed by atoms with E-state index in [1.54, 1.807) is 0 Å². The minimum absolute atomic E-state index is 0.0315. The number of ether oxygens (including phenoxy) is 1. The van der Waals surface area contributed by atoms with Gasteiger partial charge in [-0.2, -0.15) is 0 Å². The van der Waals surface area contributed by atoms with E-state index in [2.05, 4.69) is 18.2 Å². The highest BCUT2D eigenvalue weighted by atomic mass is 35.5. The molecule has 0 aromatic heterocycles. The molecule has 2 aromatic rings. The molecular weight excluding hydrogens is 208 g/mol. The van der Waals surface area contributed by atoms with E-state index >= 15 is 0 Å². The number of hydrogen-bond acceptors (Lipinski definition) is 1. The zero-order chi connectivity index (χ0) is 10.7. The molecule has 0 aliphatic rings. The van der Waals surface area contributed by atoms with Crippen molar-refractivity contribution in [1.29, 1.82) is 0 Å². The fraction of sp³-hybridized carbons (Fsp3) is 0.231. The molecule has 1 atom stereocenters. The molecule has 1 nitrogen and oxygen atoms in total. The van der Waals surface area contributed by atoms with Crippen LogP contribution >= 0.6 is 11.6 Å². The van der Waals surface area contributed by atoms with E-state index in [4.69, 9.17) is 16.3 Å². The van der Waals surface area contributed by atoms with Crippen molar-refractivity contribution in [2.24, 2.45) is 0 Å². The van der Waals surface area contributed by atoms with Crippen LogP contribution in [0, 0.1) is 0 Å². The smallest absolute Gasteiger partial charge is 0.127 e. The zero-order valence-corrected chi connectivity index (χ0v) is 9.37. The van der Waals surface area contributed by atoms with Crippen LogP contribution in [0.2, 0.25) is 0 Å². The van der Waals surface area contributed by atoms with Crippen molar-refractivity contribution in [3.05, 3.63) is 42.5 Å². The maximum absolute atomic E-state index is 5.85. The molecule has 0 bridgehead atoms. The highest BCUT2D eigenvalue weighted by molar-refractivity contribution is 6.20. The lowest BCUT2D eigenvalue weighted by atomic mass is 10.1. The Morgan fingerprint density at radius 1 is 1.13 bits per heavy atom. The number of rotatable bonds is 3. The molecule has 0 heterocycles. The molecule has 0 amide bonds. The lowest BCUT2D eigenvalue weighted by Gasteiger charge is -2.09. The molecule has 78 valence electrons. The average Bonchev–Trinajstić information content (AvgIpc) is 2.26. The van der Waals surface area contributed by atoms with E-state index in [1.165, 1.54) is 5.39 Å². The van der Waals surface area contributed by atoms with E-state index in [-0.39, 0.29) is 5.38 Å². The van der Waals surface area contributed by atoms with Crippen molar-refractivity contribution in [1.82, 2.24) is 0 Å². The summed E-state index contributed by atoms with van der Waals surface area (Å²) in [4.78, 5) is 0. The van der Waals surface area contributed by atoms with Gasteiger partial charge in [-0.1, -0.05) is 36.4 Å². The first-order chi connectivity index (χ1) is 7.27. The summed E-state index contributed by atoms with van der Waals surface area (Å²) in [5, 5.41) is 2.36. The number of halogens is 1. The Bertz CT molecular complexity index is 446. The van der Waals surface area contributed by atoms with Crippen LogP contribution in [0.3, 0.4) is 0 Å². The van der Waals surface area contributed by atoms with Crippen molar-refractivity contribution in [2.75, 3.05) is 6.61 Å².